The molecule has 1 nitrogen and oxygen atoms in total. The van der Waals surface area contributed by atoms with Crippen LogP contribution in [-0.2, 0) is 7.05 Å². The molecule has 56 valence electrons. The molecule has 0 bridgehead atoms. The maximum Gasteiger partial charge on any atom is 0.0489 e. The van der Waals surface area contributed by atoms with E-state index in [0.717, 1.165) is 4.90 Å². The van der Waals surface area contributed by atoms with Crippen LogP contribution in [0.15, 0.2) is 35.4 Å². The van der Waals surface area contributed by atoms with Crippen molar-refractivity contribution in [2.24, 2.45) is 7.05 Å². The zero-order chi connectivity index (χ0) is 7.84. The van der Waals surface area contributed by atoms with Gasteiger partial charge in [-0.15, -0.1) is 12.6 Å². The quantitative estimate of drug-likeness (QED) is 0.569. The van der Waals surface area contributed by atoms with Crippen LogP contribution in [-0.4, -0.2) is 4.57 Å². The summed E-state index contributed by atoms with van der Waals surface area (Å²) in [5.41, 5.74) is 1.23. The van der Waals surface area contributed by atoms with Crippen LogP contribution >= 0.6 is 12.6 Å². The third-order valence-electron chi connectivity index (χ3n) is 1.88. The van der Waals surface area contributed by atoms with Gasteiger partial charge in [0.2, 0.25) is 0 Å². The third kappa shape index (κ3) is 0.942. The van der Waals surface area contributed by atoms with Gasteiger partial charge in [0.15, 0.2) is 0 Å². The molecule has 2 rings (SSSR count). The van der Waals surface area contributed by atoms with Crippen LogP contribution in [0.3, 0.4) is 0 Å². The Balaban J connectivity index is 2.95. The van der Waals surface area contributed by atoms with E-state index in [9.17, 15) is 0 Å². The van der Waals surface area contributed by atoms with E-state index in [1.165, 1.54) is 10.9 Å². The average Bonchev–Trinajstić information content (AvgIpc) is 2.30. The Labute approximate surface area is 71.1 Å². The standard InChI is InChI=1S/C9H9NS/c1-10-6-9(11)7-4-2-3-5-8(7)10/h2-6,11H,1H3. The lowest BCUT2D eigenvalue weighted by atomic mass is 10.2. The predicted octanol–water partition coefficient (Wildman–Crippen LogP) is 2.47. The Morgan fingerprint density at radius 1 is 1.27 bits per heavy atom. The van der Waals surface area contributed by atoms with Gasteiger partial charge in [0.05, 0.1) is 0 Å². The van der Waals surface area contributed by atoms with Crippen LogP contribution < -0.4 is 0 Å². The summed E-state index contributed by atoms with van der Waals surface area (Å²) >= 11 is 4.35. The number of thiol groups is 1. The molecule has 1 aromatic heterocycles. The van der Waals surface area contributed by atoms with Crippen molar-refractivity contribution >= 4 is 23.5 Å². The highest BCUT2D eigenvalue weighted by molar-refractivity contribution is 7.80. The minimum Gasteiger partial charge on any atom is -0.349 e. The van der Waals surface area contributed by atoms with E-state index in [1.807, 2.05) is 25.4 Å². The van der Waals surface area contributed by atoms with Gasteiger partial charge >= 0.3 is 0 Å². The van der Waals surface area contributed by atoms with Crippen molar-refractivity contribution in [2.75, 3.05) is 0 Å². The van der Waals surface area contributed by atoms with E-state index in [2.05, 4.69) is 29.3 Å². The molecule has 1 aromatic carbocycles. The number of rotatable bonds is 0. The molecular formula is C9H9NS. The molecule has 1 heterocycles. The molecule has 0 unspecified atom stereocenters. The molecule has 2 aromatic rings. The molecule has 0 N–H and O–H groups in total. The lowest BCUT2D eigenvalue weighted by molar-refractivity contribution is 0.958. The summed E-state index contributed by atoms with van der Waals surface area (Å²) in [6, 6.07) is 8.24. The first kappa shape index (κ1) is 6.80. The van der Waals surface area contributed by atoms with E-state index in [4.69, 9.17) is 0 Å². The number of hydrogen-bond acceptors (Lipinski definition) is 1. The van der Waals surface area contributed by atoms with Crippen molar-refractivity contribution < 1.29 is 0 Å². The molecule has 0 radical (unpaired) electrons. The van der Waals surface area contributed by atoms with Crippen molar-refractivity contribution in [3.63, 3.8) is 0 Å². The molecule has 0 amide bonds. The molecule has 0 atom stereocenters. The highest BCUT2D eigenvalue weighted by atomic mass is 32.1. The third-order valence-corrected chi connectivity index (χ3v) is 2.23. The first-order valence-corrected chi connectivity index (χ1v) is 3.97. The summed E-state index contributed by atoms with van der Waals surface area (Å²) in [4.78, 5) is 1.04. The number of para-hydroxylation sites is 1. The fourth-order valence-electron chi connectivity index (χ4n) is 1.32. The van der Waals surface area contributed by atoms with Crippen LogP contribution in [0.2, 0.25) is 0 Å². The highest BCUT2D eigenvalue weighted by Crippen LogP contribution is 2.22. The summed E-state index contributed by atoms with van der Waals surface area (Å²) in [5, 5.41) is 1.22. The fourth-order valence-corrected chi connectivity index (χ4v) is 1.68. The second-order valence-corrected chi connectivity index (χ2v) is 3.12. The molecule has 0 aliphatic heterocycles. The molecule has 11 heavy (non-hydrogen) atoms. The van der Waals surface area contributed by atoms with Gasteiger partial charge in [0.1, 0.15) is 0 Å². The Kier molecular flexibility index (Phi) is 1.43. The van der Waals surface area contributed by atoms with Gasteiger partial charge in [0, 0.05) is 29.0 Å². The van der Waals surface area contributed by atoms with Crippen molar-refractivity contribution in [3.05, 3.63) is 30.5 Å². The molecule has 0 saturated heterocycles. The highest BCUT2D eigenvalue weighted by Gasteiger charge is 1.99. The lowest BCUT2D eigenvalue weighted by Crippen LogP contribution is -1.81. The van der Waals surface area contributed by atoms with Gasteiger partial charge in [0.25, 0.3) is 0 Å². The summed E-state index contributed by atoms with van der Waals surface area (Å²) in [6.07, 6.45) is 2.02. The first-order chi connectivity index (χ1) is 5.29. The zero-order valence-electron chi connectivity index (χ0n) is 6.28. The van der Waals surface area contributed by atoms with Gasteiger partial charge in [-0.3, -0.25) is 0 Å². The van der Waals surface area contributed by atoms with Crippen LogP contribution in [0.25, 0.3) is 10.9 Å². The number of fused-ring (bicyclic) bond motifs is 1. The second kappa shape index (κ2) is 2.31. The van der Waals surface area contributed by atoms with Gasteiger partial charge < -0.3 is 4.57 Å². The maximum absolute atomic E-state index is 4.35. The van der Waals surface area contributed by atoms with Gasteiger partial charge in [-0.1, -0.05) is 18.2 Å². The average molecular weight is 163 g/mol. The van der Waals surface area contributed by atoms with Crippen molar-refractivity contribution in [2.45, 2.75) is 4.90 Å². The first-order valence-electron chi connectivity index (χ1n) is 3.52. The molecule has 0 saturated carbocycles. The monoisotopic (exact) mass is 163 g/mol. The molecular weight excluding hydrogens is 154 g/mol. The van der Waals surface area contributed by atoms with Crippen LogP contribution in [0.4, 0.5) is 0 Å². The minimum atomic E-state index is 1.04. The number of aromatic nitrogens is 1. The van der Waals surface area contributed by atoms with Crippen LogP contribution in [0.5, 0.6) is 0 Å². The fraction of sp³-hybridized carbons (Fsp3) is 0.111. The summed E-state index contributed by atoms with van der Waals surface area (Å²) < 4.78 is 2.08. The van der Waals surface area contributed by atoms with E-state index < -0.39 is 0 Å². The molecule has 0 fully saturated rings. The molecule has 0 aliphatic rings. The van der Waals surface area contributed by atoms with Gasteiger partial charge in [-0.25, -0.2) is 0 Å². The minimum absolute atomic E-state index is 1.04. The van der Waals surface area contributed by atoms with E-state index in [1.54, 1.807) is 0 Å². The van der Waals surface area contributed by atoms with E-state index in [-0.39, 0.29) is 0 Å². The van der Waals surface area contributed by atoms with Crippen molar-refractivity contribution in [3.8, 4) is 0 Å². The Bertz CT molecular complexity index is 353. The van der Waals surface area contributed by atoms with Crippen molar-refractivity contribution in [1.82, 2.24) is 4.57 Å². The van der Waals surface area contributed by atoms with Gasteiger partial charge in [-0.05, 0) is 6.07 Å². The smallest absolute Gasteiger partial charge is 0.0489 e. The molecule has 2 heteroatoms. The normalized spacial score (nSPS) is 10.7. The van der Waals surface area contributed by atoms with E-state index in [0.29, 0.717) is 0 Å². The second-order valence-electron chi connectivity index (χ2n) is 2.64. The number of aryl methyl sites for hydroxylation is 1. The van der Waals surface area contributed by atoms with Crippen LogP contribution in [0, 0.1) is 0 Å². The SMILES string of the molecule is Cn1cc(S)c2ccccc21. The van der Waals surface area contributed by atoms with Gasteiger partial charge in [-0.2, -0.15) is 0 Å². The van der Waals surface area contributed by atoms with Crippen LogP contribution in [0.1, 0.15) is 0 Å². The molecule has 0 aliphatic carbocycles. The predicted molar refractivity (Wildman–Crippen MR) is 50.2 cm³/mol. The lowest BCUT2D eigenvalue weighted by Gasteiger charge is -1.92. The molecule has 0 spiro atoms. The Morgan fingerprint density at radius 2 is 2.00 bits per heavy atom. The van der Waals surface area contributed by atoms with Crippen molar-refractivity contribution in [1.29, 1.82) is 0 Å². The zero-order valence-corrected chi connectivity index (χ0v) is 7.18. The topological polar surface area (TPSA) is 4.93 Å². The van der Waals surface area contributed by atoms with E-state index >= 15 is 0 Å². The number of nitrogens with zero attached hydrogens (tertiary/aromatic N) is 1. The maximum atomic E-state index is 4.35. The summed E-state index contributed by atoms with van der Waals surface area (Å²) in [5.74, 6) is 0. The summed E-state index contributed by atoms with van der Waals surface area (Å²) in [7, 11) is 2.03. The number of hydrogen-bond donors (Lipinski definition) is 1. The Hall–Kier alpha value is -0.890. The number of benzene rings is 1. The largest absolute Gasteiger partial charge is 0.349 e. The summed E-state index contributed by atoms with van der Waals surface area (Å²) in [6.45, 7) is 0. The Morgan fingerprint density at radius 3 is 2.73 bits per heavy atom.